The molecule has 0 N–H and O–H groups in total. The number of nitrogens with zero attached hydrogens (tertiary/aromatic N) is 2. The molecule has 6 heteroatoms. The second-order valence-corrected chi connectivity index (χ2v) is 6.50. The summed E-state index contributed by atoms with van der Waals surface area (Å²) in [5, 5.41) is 0. The largest absolute Gasteiger partial charge is 0.281 e. The van der Waals surface area contributed by atoms with Gasteiger partial charge in [0.2, 0.25) is 23.6 Å². The summed E-state index contributed by atoms with van der Waals surface area (Å²) in [6, 6.07) is 0. The molecular formula is C17H22N2O4. The van der Waals surface area contributed by atoms with E-state index in [-0.39, 0.29) is 13.1 Å². The minimum absolute atomic E-state index is 0.150. The van der Waals surface area contributed by atoms with Crippen LogP contribution < -0.4 is 0 Å². The van der Waals surface area contributed by atoms with Crippen LogP contribution in [0.4, 0.5) is 0 Å². The van der Waals surface area contributed by atoms with E-state index in [0.717, 1.165) is 9.80 Å². The lowest BCUT2D eigenvalue weighted by atomic mass is 9.62. The van der Waals surface area contributed by atoms with Gasteiger partial charge < -0.3 is 0 Å². The SMILES string of the molecule is C=CCCN1C(=O)C2C(=O)N(CCC=C)C(=O)C(C1=O)C2(C)C. The molecule has 6 nitrogen and oxygen atoms in total. The lowest BCUT2D eigenvalue weighted by Gasteiger charge is -2.51. The molecule has 2 bridgehead atoms. The van der Waals surface area contributed by atoms with Gasteiger partial charge in [0.05, 0.1) is 0 Å². The second-order valence-electron chi connectivity index (χ2n) is 6.50. The smallest absolute Gasteiger partial charge is 0.242 e. The number of likely N-dealkylation sites (tertiary alicyclic amines) is 2. The molecule has 0 saturated carbocycles. The topological polar surface area (TPSA) is 74.8 Å². The molecule has 2 fully saturated rings. The maximum Gasteiger partial charge on any atom is 0.242 e. The Hall–Kier alpha value is -2.24. The van der Waals surface area contributed by atoms with Gasteiger partial charge in [0.25, 0.3) is 0 Å². The minimum Gasteiger partial charge on any atom is -0.281 e. The van der Waals surface area contributed by atoms with E-state index in [0.29, 0.717) is 12.8 Å². The summed E-state index contributed by atoms with van der Waals surface area (Å²) in [7, 11) is 0. The zero-order valence-electron chi connectivity index (χ0n) is 13.6. The molecule has 2 rings (SSSR count). The third-order valence-electron chi connectivity index (χ3n) is 4.65. The Morgan fingerprint density at radius 2 is 1.13 bits per heavy atom. The van der Waals surface area contributed by atoms with Crippen LogP contribution in [0.5, 0.6) is 0 Å². The molecule has 0 aromatic heterocycles. The van der Waals surface area contributed by atoms with Gasteiger partial charge in [0.1, 0.15) is 11.8 Å². The Labute approximate surface area is 135 Å². The van der Waals surface area contributed by atoms with Gasteiger partial charge in [-0.15, -0.1) is 13.2 Å². The van der Waals surface area contributed by atoms with Gasteiger partial charge in [-0.1, -0.05) is 26.0 Å². The molecule has 0 radical (unpaired) electrons. The first-order valence-electron chi connectivity index (χ1n) is 7.71. The summed E-state index contributed by atoms with van der Waals surface area (Å²) in [6.07, 6.45) is 4.05. The highest BCUT2D eigenvalue weighted by Gasteiger charge is 2.64. The molecule has 2 aliphatic rings. The number of fused-ring (bicyclic) bond motifs is 2. The summed E-state index contributed by atoms with van der Waals surface area (Å²) < 4.78 is 0. The van der Waals surface area contributed by atoms with Gasteiger partial charge in [-0.2, -0.15) is 0 Å². The van der Waals surface area contributed by atoms with Gasteiger partial charge in [-0.05, 0) is 12.8 Å². The average molecular weight is 318 g/mol. The van der Waals surface area contributed by atoms with E-state index in [2.05, 4.69) is 13.2 Å². The lowest BCUT2D eigenvalue weighted by Crippen LogP contribution is -2.70. The quantitative estimate of drug-likeness (QED) is 0.418. The molecule has 0 aliphatic carbocycles. The van der Waals surface area contributed by atoms with Gasteiger partial charge in [0, 0.05) is 18.5 Å². The summed E-state index contributed by atoms with van der Waals surface area (Å²) in [4.78, 5) is 52.9. The van der Waals surface area contributed by atoms with Gasteiger partial charge >= 0.3 is 0 Å². The van der Waals surface area contributed by atoms with E-state index in [1.165, 1.54) is 0 Å². The number of hydrogen-bond acceptors (Lipinski definition) is 4. The van der Waals surface area contributed by atoms with Crippen LogP contribution in [0.2, 0.25) is 0 Å². The highest BCUT2D eigenvalue weighted by Crippen LogP contribution is 2.46. The first-order chi connectivity index (χ1) is 10.8. The summed E-state index contributed by atoms with van der Waals surface area (Å²) in [6.45, 7) is 10.7. The zero-order chi connectivity index (χ0) is 17.4. The number of imide groups is 2. The average Bonchev–Trinajstić information content (AvgIpc) is 2.45. The fourth-order valence-corrected chi connectivity index (χ4v) is 3.37. The van der Waals surface area contributed by atoms with Crippen LogP contribution in [0, 0.1) is 17.3 Å². The van der Waals surface area contributed by atoms with Crippen molar-refractivity contribution in [3.05, 3.63) is 25.3 Å². The van der Waals surface area contributed by atoms with Gasteiger partial charge in [-0.3, -0.25) is 29.0 Å². The Balaban J connectivity index is 2.44. The van der Waals surface area contributed by atoms with Crippen LogP contribution in [0.25, 0.3) is 0 Å². The van der Waals surface area contributed by atoms with Gasteiger partial charge in [-0.25, -0.2) is 0 Å². The number of carbonyl (C=O) groups excluding carboxylic acids is 4. The molecular weight excluding hydrogens is 296 g/mol. The van der Waals surface area contributed by atoms with Crippen LogP contribution in [0.1, 0.15) is 26.7 Å². The minimum atomic E-state index is -1.00. The molecule has 0 atom stereocenters. The van der Waals surface area contributed by atoms with Crippen LogP contribution in [0.3, 0.4) is 0 Å². The maximum atomic E-state index is 12.7. The molecule has 0 aromatic rings. The Morgan fingerprint density at radius 1 is 0.826 bits per heavy atom. The molecule has 0 aromatic carbocycles. The first kappa shape index (κ1) is 17.1. The van der Waals surface area contributed by atoms with Crippen molar-refractivity contribution >= 4 is 23.6 Å². The van der Waals surface area contributed by atoms with Crippen LogP contribution in [-0.4, -0.2) is 46.5 Å². The van der Waals surface area contributed by atoms with E-state index in [4.69, 9.17) is 0 Å². The lowest BCUT2D eigenvalue weighted by molar-refractivity contribution is -0.184. The van der Waals surface area contributed by atoms with Crippen molar-refractivity contribution in [3.63, 3.8) is 0 Å². The van der Waals surface area contributed by atoms with Crippen molar-refractivity contribution in [1.29, 1.82) is 0 Å². The van der Waals surface area contributed by atoms with E-state index in [9.17, 15) is 19.2 Å². The molecule has 23 heavy (non-hydrogen) atoms. The molecule has 2 heterocycles. The third-order valence-corrected chi connectivity index (χ3v) is 4.65. The third kappa shape index (κ3) is 2.52. The Kier molecular flexibility index (Phi) is 4.54. The van der Waals surface area contributed by atoms with E-state index in [1.54, 1.807) is 26.0 Å². The van der Waals surface area contributed by atoms with Crippen molar-refractivity contribution < 1.29 is 19.2 Å². The van der Waals surface area contributed by atoms with E-state index >= 15 is 0 Å². The van der Waals surface area contributed by atoms with Crippen molar-refractivity contribution in [3.8, 4) is 0 Å². The highest BCUT2D eigenvalue weighted by molar-refractivity contribution is 6.22. The molecule has 2 saturated heterocycles. The number of rotatable bonds is 6. The van der Waals surface area contributed by atoms with Gasteiger partial charge in [0.15, 0.2) is 0 Å². The molecule has 0 spiro atoms. The van der Waals surface area contributed by atoms with Crippen molar-refractivity contribution in [2.45, 2.75) is 26.7 Å². The first-order valence-corrected chi connectivity index (χ1v) is 7.71. The fourth-order valence-electron chi connectivity index (χ4n) is 3.37. The van der Waals surface area contributed by atoms with E-state index < -0.39 is 40.9 Å². The Bertz CT molecular complexity index is 511. The van der Waals surface area contributed by atoms with Crippen LogP contribution in [-0.2, 0) is 19.2 Å². The second kappa shape index (κ2) is 6.10. The monoisotopic (exact) mass is 318 g/mol. The highest BCUT2D eigenvalue weighted by atomic mass is 16.2. The number of hydrogen-bond donors (Lipinski definition) is 0. The number of piperidine rings is 2. The van der Waals surface area contributed by atoms with Crippen molar-refractivity contribution in [2.24, 2.45) is 17.3 Å². The maximum absolute atomic E-state index is 12.7. The molecule has 124 valence electrons. The van der Waals surface area contributed by atoms with Crippen molar-refractivity contribution in [2.75, 3.05) is 13.1 Å². The van der Waals surface area contributed by atoms with Crippen LogP contribution in [0.15, 0.2) is 25.3 Å². The summed E-state index contributed by atoms with van der Waals surface area (Å²) in [5.74, 6) is -4.06. The number of carbonyl (C=O) groups is 4. The van der Waals surface area contributed by atoms with Crippen molar-refractivity contribution in [1.82, 2.24) is 9.80 Å². The molecule has 2 aliphatic heterocycles. The predicted octanol–water partition coefficient (Wildman–Crippen LogP) is 1.13. The zero-order valence-corrected chi connectivity index (χ0v) is 13.6. The van der Waals surface area contributed by atoms with E-state index in [1.807, 2.05) is 0 Å². The Morgan fingerprint density at radius 3 is 1.39 bits per heavy atom. The predicted molar refractivity (Wildman–Crippen MR) is 83.8 cm³/mol. The summed E-state index contributed by atoms with van der Waals surface area (Å²) >= 11 is 0. The molecule has 0 unspecified atom stereocenters. The standard InChI is InChI=1S/C17H22N2O4/c1-5-7-9-18-13(20)11-15(22)19(10-8-6-2)16(23)12(14(18)21)17(11,3)4/h5-6,11-12H,1-2,7-10H2,3-4H3. The normalized spacial score (nSPS) is 26.5. The number of amides is 4. The van der Waals surface area contributed by atoms with Crippen LogP contribution >= 0.6 is 0 Å². The molecule has 4 amide bonds. The fraction of sp³-hybridized carbons (Fsp3) is 0.529. The summed E-state index contributed by atoms with van der Waals surface area (Å²) in [5.41, 5.74) is -1.00.